The van der Waals surface area contributed by atoms with E-state index in [1.165, 1.54) is 7.11 Å². The first-order valence-electron chi connectivity index (χ1n) is 4.87. The number of ether oxygens (including phenoxy) is 1. The Hall–Kier alpha value is -1.46. The number of nitrogens with zero attached hydrogens (tertiary/aromatic N) is 2. The minimum Gasteiger partial charge on any atom is -0.377 e. The van der Waals surface area contributed by atoms with Gasteiger partial charge in [-0.3, -0.25) is 4.79 Å². The topological polar surface area (TPSA) is 44.1 Å². The van der Waals surface area contributed by atoms with Gasteiger partial charge < -0.3 is 9.30 Å². The molecule has 2 aromatic heterocycles. The SMILES string of the molecule is COCC(=O)Cn1ccnc1-c1cccs1. The summed E-state index contributed by atoms with van der Waals surface area (Å²) < 4.78 is 6.64. The second-order valence-corrected chi connectivity index (χ2v) is 4.28. The molecule has 0 saturated heterocycles. The van der Waals surface area contributed by atoms with Gasteiger partial charge in [-0.2, -0.15) is 0 Å². The maximum Gasteiger partial charge on any atom is 0.178 e. The lowest BCUT2D eigenvalue weighted by Crippen LogP contribution is -2.15. The molecule has 5 heteroatoms. The Morgan fingerprint density at radius 1 is 1.62 bits per heavy atom. The van der Waals surface area contributed by atoms with Crippen molar-refractivity contribution in [1.82, 2.24) is 9.55 Å². The molecule has 0 N–H and O–H groups in total. The molecule has 0 aromatic carbocycles. The van der Waals surface area contributed by atoms with Crippen LogP contribution in [-0.2, 0) is 16.1 Å². The van der Waals surface area contributed by atoms with Crippen LogP contribution in [0, 0.1) is 0 Å². The van der Waals surface area contributed by atoms with Crippen molar-refractivity contribution in [3.8, 4) is 10.7 Å². The number of hydrogen-bond acceptors (Lipinski definition) is 4. The predicted molar refractivity (Wildman–Crippen MR) is 62.4 cm³/mol. The van der Waals surface area contributed by atoms with E-state index in [-0.39, 0.29) is 12.4 Å². The van der Waals surface area contributed by atoms with Gasteiger partial charge in [-0.25, -0.2) is 4.98 Å². The maximum atomic E-state index is 11.5. The molecule has 16 heavy (non-hydrogen) atoms. The molecule has 0 amide bonds. The Morgan fingerprint density at radius 3 is 3.19 bits per heavy atom. The molecule has 0 unspecified atom stereocenters. The van der Waals surface area contributed by atoms with Crippen LogP contribution in [0.25, 0.3) is 10.7 Å². The summed E-state index contributed by atoms with van der Waals surface area (Å²) >= 11 is 1.61. The lowest BCUT2D eigenvalue weighted by molar-refractivity contribution is -0.123. The van der Waals surface area contributed by atoms with Crippen LogP contribution in [0.4, 0.5) is 0 Å². The number of hydrogen-bond donors (Lipinski definition) is 0. The van der Waals surface area contributed by atoms with E-state index >= 15 is 0 Å². The van der Waals surface area contributed by atoms with E-state index in [9.17, 15) is 4.79 Å². The average Bonchev–Trinajstić information content (AvgIpc) is 2.86. The van der Waals surface area contributed by atoms with Crippen LogP contribution in [0.2, 0.25) is 0 Å². The molecule has 0 fully saturated rings. The zero-order valence-electron chi connectivity index (χ0n) is 8.92. The van der Waals surface area contributed by atoms with Gasteiger partial charge in [-0.15, -0.1) is 11.3 Å². The highest BCUT2D eigenvalue weighted by atomic mass is 32.1. The third-order valence-electron chi connectivity index (χ3n) is 2.11. The minimum absolute atomic E-state index is 0.0401. The van der Waals surface area contributed by atoms with E-state index in [0.29, 0.717) is 6.54 Å². The third kappa shape index (κ3) is 2.37. The van der Waals surface area contributed by atoms with Crippen molar-refractivity contribution in [3.63, 3.8) is 0 Å². The molecule has 0 aliphatic carbocycles. The Morgan fingerprint density at radius 2 is 2.50 bits per heavy atom. The molecule has 2 rings (SSSR count). The van der Waals surface area contributed by atoms with Gasteiger partial charge in [0.2, 0.25) is 0 Å². The van der Waals surface area contributed by atoms with E-state index in [2.05, 4.69) is 4.98 Å². The lowest BCUT2D eigenvalue weighted by atomic mass is 10.4. The van der Waals surface area contributed by atoms with Gasteiger partial charge in [0.25, 0.3) is 0 Å². The van der Waals surface area contributed by atoms with Crippen LogP contribution in [-0.4, -0.2) is 29.1 Å². The van der Waals surface area contributed by atoms with Crippen LogP contribution in [0.1, 0.15) is 0 Å². The van der Waals surface area contributed by atoms with Gasteiger partial charge in [-0.05, 0) is 11.4 Å². The van der Waals surface area contributed by atoms with Crippen molar-refractivity contribution in [3.05, 3.63) is 29.9 Å². The predicted octanol–water partition coefficient (Wildman–Crippen LogP) is 1.83. The number of aromatic nitrogens is 2. The summed E-state index contributed by atoms with van der Waals surface area (Å²) in [4.78, 5) is 16.8. The molecular weight excluding hydrogens is 224 g/mol. The molecule has 0 saturated carbocycles. The smallest absolute Gasteiger partial charge is 0.178 e. The molecule has 2 heterocycles. The molecule has 0 atom stereocenters. The number of methoxy groups -OCH3 is 1. The van der Waals surface area contributed by atoms with E-state index in [4.69, 9.17) is 4.74 Å². The minimum atomic E-state index is 0.0401. The van der Waals surface area contributed by atoms with Gasteiger partial charge in [0, 0.05) is 19.5 Å². The Labute approximate surface area is 97.5 Å². The van der Waals surface area contributed by atoms with Gasteiger partial charge in [0.1, 0.15) is 12.4 Å². The van der Waals surface area contributed by atoms with Crippen molar-refractivity contribution in [2.45, 2.75) is 6.54 Å². The fourth-order valence-corrected chi connectivity index (χ4v) is 2.20. The number of carbonyl (C=O) groups is 1. The highest BCUT2D eigenvalue weighted by Crippen LogP contribution is 2.22. The molecule has 84 valence electrons. The molecule has 0 spiro atoms. The van der Waals surface area contributed by atoms with Crippen LogP contribution >= 0.6 is 11.3 Å². The monoisotopic (exact) mass is 236 g/mol. The van der Waals surface area contributed by atoms with Crippen molar-refractivity contribution in [2.75, 3.05) is 13.7 Å². The van der Waals surface area contributed by atoms with Gasteiger partial charge in [0.15, 0.2) is 5.78 Å². The first-order valence-corrected chi connectivity index (χ1v) is 5.75. The summed E-state index contributed by atoms with van der Waals surface area (Å²) in [7, 11) is 1.52. The quantitative estimate of drug-likeness (QED) is 0.795. The number of Topliss-reactive ketones (excluding diaryl/α,β-unsaturated/α-hetero) is 1. The lowest BCUT2D eigenvalue weighted by Gasteiger charge is -2.04. The molecule has 2 aromatic rings. The van der Waals surface area contributed by atoms with Crippen LogP contribution in [0.15, 0.2) is 29.9 Å². The second-order valence-electron chi connectivity index (χ2n) is 3.33. The molecule has 4 nitrogen and oxygen atoms in total. The van der Waals surface area contributed by atoms with Crippen molar-refractivity contribution >= 4 is 17.1 Å². The highest BCUT2D eigenvalue weighted by molar-refractivity contribution is 7.13. The number of imidazole rings is 1. The zero-order valence-corrected chi connectivity index (χ0v) is 9.74. The van der Waals surface area contributed by atoms with E-state index in [0.717, 1.165) is 10.7 Å². The first-order chi connectivity index (χ1) is 7.81. The normalized spacial score (nSPS) is 10.6. The van der Waals surface area contributed by atoms with E-state index in [1.807, 2.05) is 28.3 Å². The number of rotatable bonds is 5. The maximum absolute atomic E-state index is 11.5. The highest BCUT2D eigenvalue weighted by Gasteiger charge is 2.09. The fraction of sp³-hybridized carbons (Fsp3) is 0.273. The second kappa shape index (κ2) is 5.05. The van der Waals surface area contributed by atoms with Crippen LogP contribution < -0.4 is 0 Å². The summed E-state index contributed by atoms with van der Waals surface area (Å²) in [6, 6.07) is 3.96. The summed E-state index contributed by atoms with van der Waals surface area (Å²) in [5.41, 5.74) is 0. The Kier molecular flexibility index (Phi) is 3.48. The van der Waals surface area contributed by atoms with Crippen LogP contribution in [0.5, 0.6) is 0 Å². The first kappa shape index (κ1) is 11.0. The van der Waals surface area contributed by atoms with E-state index in [1.54, 1.807) is 17.5 Å². The Bertz CT molecular complexity index is 462. The van der Waals surface area contributed by atoms with Crippen molar-refractivity contribution in [1.29, 1.82) is 0 Å². The van der Waals surface area contributed by atoms with Gasteiger partial charge >= 0.3 is 0 Å². The number of thiophene rings is 1. The summed E-state index contributed by atoms with van der Waals surface area (Å²) in [5, 5.41) is 1.99. The fourth-order valence-electron chi connectivity index (χ4n) is 1.46. The largest absolute Gasteiger partial charge is 0.377 e. The number of ketones is 1. The molecule has 0 bridgehead atoms. The molecule has 0 aliphatic rings. The average molecular weight is 236 g/mol. The standard InChI is InChI=1S/C11H12N2O2S/c1-15-8-9(14)7-13-5-4-12-11(13)10-3-2-6-16-10/h2-6H,7-8H2,1H3. The Balaban J connectivity index is 2.17. The summed E-state index contributed by atoms with van der Waals surface area (Å²) in [5.74, 6) is 0.873. The number of carbonyl (C=O) groups excluding carboxylic acids is 1. The van der Waals surface area contributed by atoms with Gasteiger partial charge in [-0.1, -0.05) is 6.07 Å². The van der Waals surface area contributed by atoms with E-state index < -0.39 is 0 Å². The molecule has 0 aliphatic heterocycles. The van der Waals surface area contributed by atoms with Gasteiger partial charge in [0.05, 0.1) is 11.4 Å². The molecular formula is C11H12N2O2S. The van der Waals surface area contributed by atoms with Crippen molar-refractivity contribution < 1.29 is 9.53 Å². The van der Waals surface area contributed by atoms with Crippen LogP contribution in [0.3, 0.4) is 0 Å². The zero-order chi connectivity index (χ0) is 11.4. The third-order valence-corrected chi connectivity index (χ3v) is 2.97. The van der Waals surface area contributed by atoms with Crippen molar-refractivity contribution in [2.24, 2.45) is 0 Å². The summed E-state index contributed by atoms with van der Waals surface area (Å²) in [6.45, 7) is 0.448. The molecule has 0 radical (unpaired) electrons. The summed E-state index contributed by atoms with van der Waals surface area (Å²) in [6.07, 6.45) is 3.51.